The molecule has 0 amide bonds. The molecule has 2 atom stereocenters. The minimum absolute atomic E-state index is 0.181. The van der Waals surface area contributed by atoms with Gasteiger partial charge in [-0.2, -0.15) is 0 Å². The monoisotopic (exact) mass is 648 g/mol. The summed E-state index contributed by atoms with van der Waals surface area (Å²) in [5.74, 6) is 2.00. The molecule has 2 unspecified atom stereocenters. The number of carbonyl (C=O) groups is 1. The minimum Gasteiger partial charge on any atom is -0.294 e. The first-order valence-electron chi connectivity index (χ1n) is 18.2. The molecule has 1 N–H and O–H groups in total. The van der Waals surface area contributed by atoms with Crippen LogP contribution in [-0.4, -0.2) is 23.9 Å². The number of nitrogens with one attached hydrogen (secondary N) is 1. The fraction of sp³-hybridized carbons (Fsp3) is 0.650. The molecule has 0 bridgehead atoms. The molecule has 1 aromatic heterocycles. The molecule has 46 heavy (non-hydrogen) atoms. The maximum absolute atomic E-state index is 14.7. The number of pyridine rings is 1. The quantitative estimate of drug-likeness (QED) is 0.195. The van der Waals surface area contributed by atoms with Gasteiger partial charge in [0.25, 0.3) is 0 Å². The molecule has 2 aliphatic carbocycles. The molecule has 0 radical (unpaired) electrons. The number of hydrogen-bond acceptors (Lipinski definition) is 4. The molecule has 0 spiro atoms. The van der Waals surface area contributed by atoms with Crippen molar-refractivity contribution in [3.05, 3.63) is 58.4 Å². The number of aryl methyl sites for hydroxylation is 1. The SMILES string of the molecule is CCCCC(=O)C(=C(c1ccc(NS(=O)(=O)C(C)(C)C)cn1)C(CC)CC1CCCCC1)c1c(C)cc(C2CC2)cc1C(C)CC. The van der Waals surface area contributed by atoms with Gasteiger partial charge in [0, 0.05) is 12.0 Å². The van der Waals surface area contributed by atoms with Crippen molar-refractivity contribution in [2.45, 2.75) is 155 Å². The van der Waals surface area contributed by atoms with E-state index < -0.39 is 14.8 Å². The summed E-state index contributed by atoms with van der Waals surface area (Å²) in [6.45, 7) is 16.2. The fourth-order valence-corrected chi connectivity index (χ4v) is 7.85. The Morgan fingerprint density at radius 3 is 2.24 bits per heavy atom. The van der Waals surface area contributed by atoms with Gasteiger partial charge >= 0.3 is 0 Å². The molecular formula is C40H60N2O3S. The number of rotatable bonds is 15. The fourth-order valence-electron chi connectivity index (χ4n) is 7.11. The average Bonchev–Trinajstić information content (AvgIpc) is 3.87. The second kappa shape index (κ2) is 15.6. The van der Waals surface area contributed by atoms with Crippen molar-refractivity contribution >= 4 is 32.6 Å². The highest BCUT2D eigenvalue weighted by atomic mass is 32.2. The molecule has 1 aromatic carbocycles. The van der Waals surface area contributed by atoms with Gasteiger partial charge in [-0.15, -0.1) is 0 Å². The number of nitrogens with zero attached hydrogens (tertiary/aromatic N) is 1. The smallest absolute Gasteiger partial charge is 0.237 e. The number of allylic oxidation sites excluding steroid dienone is 2. The molecule has 6 heteroatoms. The number of benzene rings is 1. The lowest BCUT2D eigenvalue weighted by Gasteiger charge is -2.30. The maximum Gasteiger partial charge on any atom is 0.237 e. The molecular weight excluding hydrogens is 589 g/mol. The van der Waals surface area contributed by atoms with Gasteiger partial charge < -0.3 is 0 Å². The number of unbranched alkanes of at least 4 members (excludes halogenated alkanes) is 1. The van der Waals surface area contributed by atoms with E-state index >= 15 is 0 Å². The lowest BCUT2D eigenvalue weighted by molar-refractivity contribution is -0.113. The third-order valence-corrected chi connectivity index (χ3v) is 12.6. The van der Waals surface area contributed by atoms with Gasteiger partial charge in [-0.1, -0.05) is 78.4 Å². The standard InChI is InChI=1S/C40H60N2O3S/c1-9-12-18-36(43)39(37-28(5)23-32(31-19-20-31)25-34(37)27(4)10-2)38(30(11-3)24-29-16-14-13-15-17-29)35-22-21-33(26-41-35)42-46(44,45)40(6,7)8/h21-23,25-27,29-31,42H,9-20,24H2,1-8H3. The number of anilines is 1. The number of Topliss-reactive ketones (excluding diaryl/α,β-unsaturated/α-hetero) is 1. The highest BCUT2D eigenvalue weighted by molar-refractivity contribution is 7.94. The van der Waals surface area contributed by atoms with Crippen molar-refractivity contribution in [2.24, 2.45) is 11.8 Å². The molecule has 0 saturated heterocycles. The molecule has 4 rings (SSSR count). The largest absolute Gasteiger partial charge is 0.294 e. The van der Waals surface area contributed by atoms with E-state index in [9.17, 15) is 13.2 Å². The topological polar surface area (TPSA) is 76.1 Å². The summed E-state index contributed by atoms with van der Waals surface area (Å²) >= 11 is 0. The van der Waals surface area contributed by atoms with Gasteiger partial charge in [0.05, 0.1) is 22.3 Å². The van der Waals surface area contributed by atoms with Gasteiger partial charge in [-0.25, -0.2) is 8.42 Å². The molecule has 254 valence electrons. The van der Waals surface area contributed by atoms with E-state index in [2.05, 4.69) is 51.5 Å². The number of hydrogen-bond donors (Lipinski definition) is 1. The Morgan fingerprint density at radius 2 is 1.70 bits per heavy atom. The van der Waals surface area contributed by atoms with Crippen molar-refractivity contribution < 1.29 is 13.2 Å². The number of aromatic nitrogens is 1. The van der Waals surface area contributed by atoms with Crippen LogP contribution in [-0.2, 0) is 14.8 Å². The lowest BCUT2D eigenvalue weighted by atomic mass is 9.74. The van der Waals surface area contributed by atoms with Gasteiger partial charge in [-0.3, -0.25) is 14.5 Å². The van der Waals surface area contributed by atoms with E-state index in [1.165, 1.54) is 61.6 Å². The van der Waals surface area contributed by atoms with E-state index in [-0.39, 0.29) is 11.7 Å². The van der Waals surface area contributed by atoms with E-state index in [1.54, 1.807) is 27.0 Å². The second-order valence-corrected chi connectivity index (χ2v) is 17.6. The molecule has 5 nitrogen and oxygen atoms in total. The van der Waals surface area contributed by atoms with Crippen LogP contribution in [0.2, 0.25) is 0 Å². The maximum atomic E-state index is 14.7. The van der Waals surface area contributed by atoms with Crippen LogP contribution in [0.1, 0.15) is 172 Å². The first-order valence-corrected chi connectivity index (χ1v) is 19.7. The zero-order valence-electron chi connectivity index (χ0n) is 30.0. The number of sulfonamides is 1. The van der Waals surface area contributed by atoms with E-state index in [0.717, 1.165) is 54.5 Å². The third-order valence-electron chi connectivity index (χ3n) is 10.5. The molecule has 2 aliphatic rings. The van der Waals surface area contributed by atoms with Gasteiger partial charge in [0.1, 0.15) is 0 Å². The Balaban J connectivity index is 1.98. The van der Waals surface area contributed by atoms with Gasteiger partial charge in [0.2, 0.25) is 10.0 Å². The van der Waals surface area contributed by atoms with Crippen LogP contribution in [0.5, 0.6) is 0 Å². The van der Waals surface area contributed by atoms with E-state index in [4.69, 9.17) is 4.98 Å². The summed E-state index contributed by atoms with van der Waals surface area (Å²) in [5, 5.41) is 0. The van der Waals surface area contributed by atoms with Crippen LogP contribution >= 0.6 is 0 Å². The molecule has 2 saturated carbocycles. The normalized spacial score (nSPS) is 18.2. The number of carbonyl (C=O) groups excluding carboxylic acids is 1. The summed E-state index contributed by atoms with van der Waals surface area (Å²) < 4.78 is 27.7. The van der Waals surface area contributed by atoms with Crippen LogP contribution in [0.4, 0.5) is 5.69 Å². The summed E-state index contributed by atoms with van der Waals surface area (Å²) in [6, 6.07) is 8.54. The predicted octanol–water partition coefficient (Wildman–Crippen LogP) is 11.0. The summed E-state index contributed by atoms with van der Waals surface area (Å²) in [4.78, 5) is 19.6. The van der Waals surface area contributed by atoms with Crippen molar-refractivity contribution in [3.63, 3.8) is 0 Å². The van der Waals surface area contributed by atoms with Gasteiger partial charge in [0.15, 0.2) is 5.78 Å². The molecule has 2 aromatic rings. The third kappa shape index (κ3) is 8.70. The van der Waals surface area contributed by atoms with Crippen LogP contribution in [0.3, 0.4) is 0 Å². The highest BCUT2D eigenvalue weighted by Crippen LogP contribution is 2.47. The summed E-state index contributed by atoms with van der Waals surface area (Å²) in [5.41, 5.74) is 8.19. The van der Waals surface area contributed by atoms with Crippen molar-refractivity contribution in [2.75, 3.05) is 4.72 Å². The van der Waals surface area contributed by atoms with Crippen LogP contribution in [0.15, 0.2) is 30.5 Å². The first-order chi connectivity index (χ1) is 21.8. The Bertz CT molecular complexity index is 1470. The lowest BCUT2D eigenvalue weighted by Crippen LogP contribution is -2.33. The second-order valence-electron chi connectivity index (χ2n) is 15.2. The zero-order valence-corrected chi connectivity index (χ0v) is 30.8. The van der Waals surface area contributed by atoms with Crippen molar-refractivity contribution in [3.8, 4) is 0 Å². The molecule has 2 fully saturated rings. The average molecular weight is 649 g/mol. The van der Waals surface area contributed by atoms with Gasteiger partial charge in [-0.05, 0) is 130 Å². The Labute approximate surface area is 280 Å². The zero-order chi connectivity index (χ0) is 33.6. The molecule has 0 aliphatic heterocycles. The molecule has 1 heterocycles. The summed E-state index contributed by atoms with van der Waals surface area (Å²) in [7, 11) is -3.59. The van der Waals surface area contributed by atoms with E-state index in [1.807, 2.05) is 12.1 Å². The highest BCUT2D eigenvalue weighted by Gasteiger charge is 2.33. The number of ketones is 1. The Hall–Kier alpha value is -2.47. The van der Waals surface area contributed by atoms with Crippen LogP contribution < -0.4 is 4.72 Å². The Kier molecular flexibility index (Phi) is 12.3. The predicted molar refractivity (Wildman–Crippen MR) is 195 cm³/mol. The van der Waals surface area contributed by atoms with Crippen molar-refractivity contribution in [1.82, 2.24) is 4.98 Å². The minimum atomic E-state index is -3.59. The van der Waals surface area contributed by atoms with Crippen molar-refractivity contribution in [1.29, 1.82) is 0 Å². The van der Waals surface area contributed by atoms with E-state index in [0.29, 0.717) is 29.9 Å². The first kappa shape index (κ1) is 36.4. The van der Waals surface area contributed by atoms with Crippen LogP contribution in [0.25, 0.3) is 11.1 Å². The summed E-state index contributed by atoms with van der Waals surface area (Å²) in [6.07, 6.45) is 15.8. The Morgan fingerprint density at radius 1 is 1.00 bits per heavy atom. The van der Waals surface area contributed by atoms with Crippen LogP contribution in [0, 0.1) is 18.8 Å².